The fraction of sp³-hybridized carbons (Fsp3) is 0.111. The normalized spacial score (nSPS) is 10.5. The second-order valence-electron chi connectivity index (χ2n) is 7.53. The Kier molecular flexibility index (Phi) is 7.78. The van der Waals surface area contributed by atoms with E-state index in [9.17, 15) is 9.59 Å². The number of halogens is 1. The average molecular weight is 519 g/mol. The first-order chi connectivity index (χ1) is 16.6. The standard InChI is InChI=1S/C27H23BrN2O4/c28-24-17-21(11-12-25(24)34-15-13-19-6-2-1-3-7-19)27(32)30-22-9-4-8-20(16-22)26(31)29-18-23-10-5-14-33-23/h1-12,14,16-17H,13,15,18H2,(H,29,31)(H,30,32). The minimum Gasteiger partial charge on any atom is -0.492 e. The van der Waals surface area contributed by atoms with Gasteiger partial charge in [0.15, 0.2) is 0 Å². The van der Waals surface area contributed by atoms with Crippen LogP contribution in [-0.4, -0.2) is 18.4 Å². The van der Waals surface area contributed by atoms with Gasteiger partial charge in [0, 0.05) is 23.2 Å². The molecule has 2 N–H and O–H groups in total. The summed E-state index contributed by atoms with van der Waals surface area (Å²) in [7, 11) is 0. The van der Waals surface area contributed by atoms with Crippen molar-refractivity contribution in [2.24, 2.45) is 0 Å². The van der Waals surface area contributed by atoms with Gasteiger partial charge in [0.05, 0.1) is 23.9 Å². The van der Waals surface area contributed by atoms with Crippen LogP contribution in [0.1, 0.15) is 32.0 Å². The summed E-state index contributed by atoms with van der Waals surface area (Å²) in [5.41, 5.74) is 2.63. The van der Waals surface area contributed by atoms with Gasteiger partial charge in [-0.25, -0.2) is 0 Å². The summed E-state index contributed by atoms with van der Waals surface area (Å²) in [6.45, 7) is 0.819. The summed E-state index contributed by atoms with van der Waals surface area (Å²) < 4.78 is 11.8. The summed E-state index contributed by atoms with van der Waals surface area (Å²) >= 11 is 3.49. The number of ether oxygens (including phenoxy) is 1. The lowest BCUT2D eigenvalue weighted by Gasteiger charge is -2.11. The lowest BCUT2D eigenvalue weighted by molar-refractivity contribution is 0.0946. The second-order valence-corrected chi connectivity index (χ2v) is 8.38. The van der Waals surface area contributed by atoms with Crippen LogP contribution < -0.4 is 15.4 Å². The topological polar surface area (TPSA) is 80.6 Å². The van der Waals surface area contributed by atoms with Gasteiger partial charge in [0.2, 0.25) is 0 Å². The molecule has 4 aromatic rings. The van der Waals surface area contributed by atoms with Gasteiger partial charge in [-0.15, -0.1) is 0 Å². The monoisotopic (exact) mass is 518 g/mol. The number of hydrogen-bond acceptors (Lipinski definition) is 4. The number of hydrogen-bond donors (Lipinski definition) is 2. The highest BCUT2D eigenvalue weighted by Gasteiger charge is 2.12. The molecule has 1 aromatic heterocycles. The third-order valence-electron chi connectivity index (χ3n) is 5.07. The first kappa shape index (κ1) is 23.3. The number of anilines is 1. The zero-order valence-corrected chi connectivity index (χ0v) is 19.9. The van der Waals surface area contributed by atoms with E-state index in [4.69, 9.17) is 9.15 Å². The Hall–Kier alpha value is -3.84. The third kappa shape index (κ3) is 6.36. The summed E-state index contributed by atoms with van der Waals surface area (Å²) in [5.74, 6) is 0.788. The van der Waals surface area contributed by atoms with Gasteiger partial charge >= 0.3 is 0 Å². The van der Waals surface area contributed by atoms with Gasteiger partial charge in [0.25, 0.3) is 11.8 Å². The number of carbonyl (C=O) groups excluding carboxylic acids is 2. The van der Waals surface area contributed by atoms with Crippen LogP contribution in [0.4, 0.5) is 5.69 Å². The van der Waals surface area contributed by atoms with Gasteiger partial charge in [-0.2, -0.15) is 0 Å². The molecule has 0 atom stereocenters. The molecule has 0 spiro atoms. The Morgan fingerprint density at radius 3 is 2.44 bits per heavy atom. The van der Waals surface area contributed by atoms with Crippen molar-refractivity contribution in [1.29, 1.82) is 0 Å². The van der Waals surface area contributed by atoms with Crippen molar-refractivity contribution >= 4 is 33.4 Å². The van der Waals surface area contributed by atoms with Gasteiger partial charge in [-0.3, -0.25) is 9.59 Å². The lowest BCUT2D eigenvalue weighted by Crippen LogP contribution is -2.22. The molecule has 0 aliphatic carbocycles. The van der Waals surface area contributed by atoms with E-state index in [1.54, 1.807) is 60.9 Å². The highest BCUT2D eigenvalue weighted by atomic mass is 79.9. The van der Waals surface area contributed by atoms with Crippen molar-refractivity contribution in [3.05, 3.63) is 118 Å². The van der Waals surface area contributed by atoms with E-state index < -0.39 is 0 Å². The largest absolute Gasteiger partial charge is 0.492 e. The summed E-state index contributed by atoms with van der Waals surface area (Å²) in [6.07, 6.45) is 2.35. The predicted molar refractivity (Wildman–Crippen MR) is 134 cm³/mol. The van der Waals surface area contributed by atoms with Gasteiger partial charge in [0.1, 0.15) is 11.5 Å². The maximum absolute atomic E-state index is 12.8. The Bertz CT molecular complexity index is 1260. The van der Waals surface area contributed by atoms with Crippen LogP contribution >= 0.6 is 15.9 Å². The quantitative estimate of drug-likeness (QED) is 0.291. The van der Waals surface area contributed by atoms with E-state index in [0.717, 1.165) is 6.42 Å². The molecule has 34 heavy (non-hydrogen) atoms. The minimum atomic E-state index is -0.287. The van der Waals surface area contributed by atoms with Crippen LogP contribution in [0.2, 0.25) is 0 Å². The van der Waals surface area contributed by atoms with Crippen LogP contribution in [0, 0.1) is 0 Å². The maximum Gasteiger partial charge on any atom is 0.255 e. The number of furan rings is 1. The van der Waals surface area contributed by atoms with E-state index in [1.807, 2.05) is 18.2 Å². The lowest BCUT2D eigenvalue weighted by atomic mass is 10.1. The van der Waals surface area contributed by atoms with E-state index >= 15 is 0 Å². The van der Waals surface area contributed by atoms with Gasteiger partial charge in [-0.1, -0.05) is 36.4 Å². The van der Waals surface area contributed by atoms with E-state index in [-0.39, 0.29) is 18.4 Å². The molecule has 1 heterocycles. The number of rotatable bonds is 9. The molecule has 0 aliphatic rings. The van der Waals surface area contributed by atoms with Crippen LogP contribution in [0.5, 0.6) is 5.75 Å². The predicted octanol–water partition coefficient (Wildman–Crippen LogP) is 5.85. The highest BCUT2D eigenvalue weighted by molar-refractivity contribution is 9.10. The van der Waals surface area contributed by atoms with Crippen molar-refractivity contribution in [3.8, 4) is 5.75 Å². The Labute approximate surface area is 206 Å². The highest BCUT2D eigenvalue weighted by Crippen LogP contribution is 2.27. The zero-order valence-electron chi connectivity index (χ0n) is 18.3. The first-order valence-electron chi connectivity index (χ1n) is 10.8. The Morgan fingerprint density at radius 1 is 0.853 bits per heavy atom. The SMILES string of the molecule is O=C(NCc1ccco1)c1cccc(NC(=O)c2ccc(OCCc3ccccc3)c(Br)c2)c1. The smallest absolute Gasteiger partial charge is 0.255 e. The van der Waals surface area contributed by atoms with Crippen molar-refractivity contribution in [2.45, 2.75) is 13.0 Å². The zero-order chi connectivity index (χ0) is 23.8. The molecule has 0 saturated carbocycles. The second kappa shape index (κ2) is 11.3. The molecule has 172 valence electrons. The van der Waals surface area contributed by atoms with Crippen molar-refractivity contribution in [2.75, 3.05) is 11.9 Å². The van der Waals surface area contributed by atoms with E-state index in [1.165, 1.54) is 5.56 Å². The molecule has 4 rings (SSSR count). The average Bonchev–Trinajstić information content (AvgIpc) is 3.38. The molecule has 0 saturated heterocycles. The van der Waals surface area contributed by atoms with Crippen molar-refractivity contribution < 1.29 is 18.7 Å². The Morgan fingerprint density at radius 2 is 1.68 bits per heavy atom. The van der Waals surface area contributed by atoms with Crippen LogP contribution in [0.3, 0.4) is 0 Å². The maximum atomic E-state index is 12.8. The van der Waals surface area contributed by atoms with Crippen LogP contribution in [0.25, 0.3) is 0 Å². The molecule has 0 unspecified atom stereocenters. The molecule has 2 amide bonds. The molecule has 7 heteroatoms. The fourth-order valence-electron chi connectivity index (χ4n) is 3.31. The number of amides is 2. The number of benzene rings is 3. The summed E-state index contributed by atoms with van der Waals surface area (Å²) in [4.78, 5) is 25.2. The summed E-state index contributed by atoms with van der Waals surface area (Å²) in [5, 5.41) is 5.62. The molecule has 6 nitrogen and oxygen atoms in total. The minimum absolute atomic E-state index is 0.257. The summed E-state index contributed by atoms with van der Waals surface area (Å²) in [6, 6.07) is 25.6. The van der Waals surface area contributed by atoms with Crippen LogP contribution in [-0.2, 0) is 13.0 Å². The molecule has 0 aliphatic heterocycles. The van der Waals surface area contributed by atoms with Crippen LogP contribution in [0.15, 0.2) is 100 Å². The fourth-order valence-corrected chi connectivity index (χ4v) is 3.80. The molecule has 0 bridgehead atoms. The molecule has 3 aromatic carbocycles. The number of nitrogens with one attached hydrogen (secondary N) is 2. The van der Waals surface area contributed by atoms with E-state index in [2.05, 4.69) is 38.7 Å². The molecule has 0 fully saturated rings. The molecular formula is C27H23BrN2O4. The van der Waals surface area contributed by atoms with Gasteiger partial charge in [-0.05, 0) is 70.0 Å². The first-order valence-corrected chi connectivity index (χ1v) is 11.6. The van der Waals surface area contributed by atoms with Gasteiger partial charge < -0.3 is 19.8 Å². The molecular weight excluding hydrogens is 496 g/mol. The number of carbonyl (C=O) groups is 2. The van der Waals surface area contributed by atoms with Crippen molar-refractivity contribution in [1.82, 2.24) is 5.32 Å². The molecule has 0 radical (unpaired) electrons. The third-order valence-corrected chi connectivity index (χ3v) is 5.69. The van der Waals surface area contributed by atoms with Crippen molar-refractivity contribution in [3.63, 3.8) is 0 Å². The Balaban J connectivity index is 1.33. The van der Waals surface area contributed by atoms with E-state index in [0.29, 0.717) is 39.4 Å².